The van der Waals surface area contributed by atoms with Crippen molar-refractivity contribution in [1.29, 1.82) is 0 Å². The average Bonchev–Trinajstić information content (AvgIpc) is 2.35. The number of hydrogen-bond acceptors (Lipinski definition) is 4. The van der Waals surface area contributed by atoms with Crippen molar-refractivity contribution < 1.29 is 9.18 Å². The first-order valence-electron chi connectivity index (χ1n) is 6.13. The van der Waals surface area contributed by atoms with Gasteiger partial charge in [0, 0.05) is 44.0 Å². The zero-order chi connectivity index (χ0) is 13.2. The molecule has 2 aromatic rings. The Morgan fingerprint density at radius 3 is 2.89 bits per heavy atom. The molecule has 0 saturated carbocycles. The van der Waals surface area contributed by atoms with Gasteiger partial charge in [-0.15, -0.1) is 0 Å². The summed E-state index contributed by atoms with van der Waals surface area (Å²) in [6, 6.07) is 2.47. The van der Waals surface area contributed by atoms with E-state index < -0.39 is 5.82 Å². The van der Waals surface area contributed by atoms with Crippen molar-refractivity contribution in [2.45, 2.75) is 0 Å². The number of halogens is 1. The second-order valence-electron chi connectivity index (χ2n) is 4.61. The molecule has 19 heavy (non-hydrogen) atoms. The van der Waals surface area contributed by atoms with Crippen LogP contribution in [0.1, 0.15) is 10.4 Å². The maximum absolute atomic E-state index is 13.5. The summed E-state index contributed by atoms with van der Waals surface area (Å²) in [5.74, 6) is -0.338. The average molecular weight is 260 g/mol. The van der Waals surface area contributed by atoms with Gasteiger partial charge in [0.15, 0.2) is 0 Å². The SMILES string of the molecule is O=C(NCC1CNC1)c1cc(F)cc2nccnc12. The van der Waals surface area contributed by atoms with E-state index in [0.717, 1.165) is 13.1 Å². The summed E-state index contributed by atoms with van der Waals surface area (Å²) in [6.45, 7) is 2.40. The fourth-order valence-corrected chi connectivity index (χ4v) is 2.04. The summed E-state index contributed by atoms with van der Waals surface area (Å²) >= 11 is 0. The van der Waals surface area contributed by atoms with Crippen molar-refractivity contribution in [1.82, 2.24) is 20.6 Å². The van der Waals surface area contributed by atoms with Gasteiger partial charge in [-0.05, 0) is 6.07 Å². The molecule has 1 aliphatic heterocycles. The van der Waals surface area contributed by atoms with E-state index in [1.165, 1.54) is 24.5 Å². The standard InChI is InChI=1S/C13H13FN4O/c14-9-3-10(12-11(4-9)16-1-2-17-12)13(19)18-7-8-5-15-6-8/h1-4,8,15H,5-7H2,(H,18,19). The monoisotopic (exact) mass is 260 g/mol. The van der Waals surface area contributed by atoms with Crippen molar-refractivity contribution in [3.63, 3.8) is 0 Å². The van der Waals surface area contributed by atoms with Crippen LogP contribution in [0.15, 0.2) is 24.5 Å². The minimum absolute atomic E-state index is 0.232. The predicted octanol–water partition coefficient (Wildman–Crippen LogP) is 0.718. The molecule has 2 N–H and O–H groups in total. The Morgan fingerprint density at radius 2 is 2.16 bits per heavy atom. The third kappa shape index (κ3) is 2.39. The number of nitrogens with one attached hydrogen (secondary N) is 2. The molecule has 2 heterocycles. The van der Waals surface area contributed by atoms with Gasteiger partial charge in [-0.25, -0.2) is 4.39 Å². The second kappa shape index (κ2) is 4.89. The Hall–Kier alpha value is -2.08. The third-order valence-corrected chi connectivity index (χ3v) is 3.20. The van der Waals surface area contributed by atoms with Crippen LogP contribution in [0.5, 0.6) is 0 Å². The smallest absolute Gasteiger partial charge is 0.253 e. The molecule has 1 aliphatic rings. The number of rotatable bonds is 3. The molecule has 0 aliphatic carbocycles. The Kier molecular flexibility index (Phi) is 3.08. The number of benzene rings is 1. The van der Waals surface area contributed by atoms with Crippen molar-refractivity contribution in [2.75, 3.05) is 19.6 Å². The van der Waals surface area contributed by atoms with Gasteiger partial charge in [0.2, 0.25) is 0 Å². The lowest BCUT2D eigenvalue weighted by Gasteiger charge is -2.27. The maximum atomic E-state index is 13.5. The summed E-state index contributed by atoms with van der Waals surface area (Å²) in [5, 5.41) is 5.94. The molecule has 1 saturated heterocycles. The lowest BCUT2D eigenvalue weighted by Crippen LogP contribution is -2.48. The molecule has 5 nitrogen and oxygen atoms in total. The van der Waals surface area contributed by atoms with Crippen molar-refractivity contribution in [2.24, 2.45) is 5.92 Å². The lowest BCUT2D eigenvalue weighted by molar-refractivity contribution is 0.0943. The van der Waals surface area contributed by atoms with Gasteiger partial charge in [0.25, 0.3) is 5.91 Å². The fourth-order valence-electron chi connectivity index (χ4n) is 2.04. The van der Waals surface area contributed by atoms with Crippen LogP contribution in [0, 0.1) is 11.7 Å². The normalized spacial score (nSPS) is 15.2. The highest BCUT2D eigenvalue weighted by Gasteiger charge is 2.19. The largest absolute Gasteiger partial charge is 0.352 e. The number of hydrogen-bond donors (Lipinski definition) is 2. The number of carbonyl (C=O) groups excluding carboxylic acids is 1. The molecule has 0 spiro atoms. The first-order chi connectivity index (χ1) is 9.24. The molecule has 1 amide bonds. The Labute approximate surface area is 109 Å². The number of nitrogens with zero attached hydrogens (tertiary/aromatic N) is 2. The molecular formula is C13H13FN4O. The van der Waals surface area contributed by atoms with E-state index in [-0.39, 0.29) is 11.5 Å². The summed E-state index contributed by atoms with van der Waals surface area (Å²) in [5.41, 5.74) is 1.04. The molecule has 1 fully saturated rings. The molecule has 0 atom stereocenters. The van der Waals surface area contributed by atoms with Crippen LogP contribution in [-0.4, -0.2) is 35.5 Å². The third-order valence-electron chi connectivity index (χ3n) is 3.20. The van der Waals surface area contributed by atoms with Crippen molar-refractivity contribution >= 4 is 16.9 Å². The summed E-state index contributed by atoms with van der Waals surface area (Å²) in [4.78, 5) is 20.2. The van der Waals surface area contributed by atoms with Gasteiger partial charge < -0.3 is 10.6 Å². The predicted molar refractivity (Wildman–Crippen MR) is 68.2 cm³/mol. The molecule has 0 bridgehead atoms. The fraction of sp³-hybridized carbons (Fsp3) is 0.308. The second-order valence-corrected chi connectivity index (χ2v) is 4.61. The van der Waals surface area contributed by atoms with Gasteiger partial charge in [-0.2, -0.15) is 0 Å². The van der Waals surface area contributed by atoms with Gasteiger partial charge in [-0.3, -0.25) is 14.8 Å². The maximum Gasteiger partial charge on any atom is 0.253 e. The van der Waals surface area contributed by atoms with E-state index in [2.05, 4.69) is 20.6 Å². The minimum atomic E-state index is -0.483. The van der Waals surface area contributed by atoms with Gasteiger partial charge in [0.05, 0.1) is 11.1 Å². The summed E-state index contributed by atoms with van der Waals surface area (Å²) < 4.78 is 13.5. The molecule has 0 unspecified atom stereocenters. The van der Waals surface area contributed by atoms with Crippen LogP contribution in [0.25, 0.3) is 11.0 Å². The van der Waals surface area contributed by atoms with Crippen molar-refractivity contribution in [3.05, 3.63) is 35.9 Å². The zero-order valence-electron chi connectivity index (χ0n) is 10.2. The van der Waals surface area contributed by atoms with Crippen LogP contribution in [0.2, 0.25) is 0 Å². The van der Waals surface area contributed by atoms with E-state index in [4.69, 9.17) is 0 Å². The highest BCUT2D eigenvalue weighted by molar-refractivity contribution is 6.04. The van der Waals surface area contributed by atoms with Crippen LogP contribution in [0.3, 0.4) is 0 Å². The highest BCUT2D eigenvalue weighted by atomic mass is 19.1. The van der Waals surface area contributed by atoms with Gasteiger partial charge >= 0.3 is 0 Å². The molecule has 1 aromatic heterocycles. The molecule has 6 heteroatoms. The first-order valence-corrected chi connectivity index (χ1v) is 6.13. The number of fused-ring (bicyclic) bond motifs is 1. The lowest BCUT2D eigenvalue weighted by atomic mass is 10.0. The van der Waals surface area contributed by atoms with Crippen molar-refractivity contribution in [3.8, 4) is 0 Å². The van der Waals surface area contributed by atoms with Crippen LogP contribution in [-0.2, 0) is 0 Å². The number of carbonyl (C=O) groups is 1. The van der Waals surface area contributed by atoms with Gasteiger partial charge in [0.1, 0.15) is 11.3 Å². The Balaban J connectivity index is 1.87. The van der Waals surface area contributed by atoms with Crippen LogP contribution >= 0.6 is 0 Å². The molecule has 1 aromatic carbocycles. The van der Waals surface area contributed by atoms with Crippen LogP contribution in [0.4, 0.5) is 4.39 Å². The summed E-state index contributed by atoms with van der Waals surface area (Å²) in [6.07, 6.45) is 2.97. The Bertz CT molecular complexity index is 627. The molecule has 0 radical (unpaired) electrons. The molecule has 3 rings (SSSR count). The van der Waals surface area contributed by atoms with E-state index in [9.17, 15) is 9.18 Å². The Morgan fingerprint density at radius 1 is 1.37 bits per heavy atom. The number of aromatic nitrogens is 2. The topological polar surface area (TPSA) is 66.9 Å². The zero-order valence-corrected chi connectivity index (χ0v) is 10.2. The first kappa shape index (κ1) is 12.0. The van der Waals surface area contributed by atoms with E-state index in [0.29, 0.717) is 23.5 Å². The number of amides is 1. The molecule has 98 valence electrons. The highest BCUT2D eigenvalue weighted by Crippen LogP contribution is 2.16. The van der Waals surface area contributed by atoms with E-state index in [1.54, 1.807) is 0 Å². The minimum Gasteiger partial charge on any atom is -0.352 e. The van der Waals surface area contributed by atoms with E-state index >= 15 is 0 Å². The quantitative estimate of drug-likeness (QED) is 0.853. The van der Waals surface area contributed by atoms with Crippen LogP contribution < -0.4 is 10.6 Å². The molecular weight excluding hydrogens is 247 g/mol. The summed E-state index contributed by atoms with van der Waals surface area (Å²) in [7, 11) is 0. The van der Waals surface area contributed by atoms with Gasteiger partial charge in [-0.1, -0.05) is 0 Å². The van der Waals surface area contributed by atoms with E-state index in [1.807, 2.05) is 0 Å².